The summed E-state index contributed by atoms with van der Waals surface area (Å²) in [6, 6.07) is 6.92. The van der Waals surface area contributed by atoms with Crippen LogP contribution in [-0.2, 0) is 9.84 Å². The Morgan fingerprint density at radius 3 is 2.84 bits per heavy atom. The van der Waals surface area contributed by atoms with Crippen molar-refractivity contribution in [1.82, 2.24) is 0 Å². The van der Waals surface area contributed by atoms with Crippen molar-refractivity contribution in [3.63, 3.8) is 0 Å². The average molecular weight is 301 g/mol. The predicted octanol–water partition coefficient (Wildman–Crippen LogP) is 2.55. The van der Waals surface area contributed by atoms with Crippen molar-refractivity contribution >= 4 is 32.4 Å². The average Bonchev–Trinajstić information content (AvgIpc) is 2.90. The SMILES string of the molecule is O=S1(=O)CCC(C(O)c2cc3cc(Cl)ccc3o2)C1. The summed E-state index contributed by atoms with van der Waals surface area (Å²) in [5.74, 6) is 0.271. The van der Waals surface area contributed by atoms with Gasteiger partial charge in [-0.15, -0.1) is 0 Å². The maximum atomic E-state index is 11.4. The summed E-state index contributed by atoms with van der Waals surface area (Å²) in [6.45, 7) is 0. The second-order valence-electron chi connectivity index (χ2n) is 4.94. The Bertz CT molecular complexity index is 719. The molecule has 1 saturated heterocycles. The van der Waals surface area contributed by atoms with Crippen LogP contribution in [0.5, 0.6) is 0 Å². The Labute approximate surface area is 115 Å². The number of rotatable bonds is 2. The first-order chi connectivity index (χ1) is 8.94. The molecule has 0 saturated carbocycles. The van der Waals surface area contributed by atoms with E-state index < -0.39 is 15.9 Å². The second kappa shape index (κ2) is 4.51. The number of aliphatic hydroxyl groups is 1. The molecule has 2 heterocycles. The molecule has 1 aromatic carbocycles. The van der Waals surface area contributed by atoms with Gasteiger partial charge in [0.2, 0.25) is 0 Å². The molecular formula is C13H13ClO4S. The molecule has 0 amide bonds. The van der Waals surface area contributed by atoms with Crippen molar-refractivity contribution in [2.75, 3.05) is 11.5 Å². The zero-order valence-electron chi connectivity index (χ0n) is 10.0. The Kier molecular flexibility index (Phi) is 3.08. The van der Waals surface area contributed by atoms with E-state index in [-0.39, 0.29) is 17.4 Å². The zero-order chi connectivity index (χ0) is 13.6. The lowest BCUT2D eigenvalue weighted by atomic mass is 10.00. The summed E-state index contributed by atoms with van der Waals surface area (Å²) >= 11 is 5.89. The zero-order valence-corrected chi connectivity index (χ0v) is 11.6. The lowest BCUT2D eigenvalue weighted by molar-refractivity contribution is 0.0991. The van der Waals surface area contributed by atoms with E-state index in [1.54, 1.807) is 24.3 Å². The summed E-state index contributed by atoms with van der Waals surface area (Å²) < 4.78 is 28.4. The number of benzene rings is 1. The van der Waals surface area contributed by atoms with Gasteiger partial charge in [-0.2, -0.15) is 0 Å². The van der Waals surface area contributed by atoms with E-state index in [9.17, 15) is 13.5 Å². The van der Waals surface area contributed by atoms with Gasteiger partial charge < -0.3 is 9.52 Å². The van der Waals surface area contributed by atoms with Crippen LogP contribution in [0.3, 0.4) is 0 Å². The third-order valence-electron chi connectivity index (χ3n) is 3.50. The van der Waals surface area contributed by atoms with Gasteiger partial charge in [-0.3, -0.25) is 0 Å². The molecule has 1 aliphatic heterocycles. The minimum Gasteiger partial charge on any atom is -0.458 e. The van der Waals surface area contributed by atoms with Crippen LogP contribution < -0.4 is 0 Å². The molecule has 2 aromatic rings. The summed E-state index contributed by atoms with van der Waals surface area (Å²) in [7, 11) is -3.01. The van der Waals surface area contributed by atoms with E-state index in [0.29, 0.717) is 22.8 Å². The van der Waals surface area contributed by atoms with E-state index in [1.807, 2.05) is 0 Å². The predicted molar refractivity (Wildman–Crippen MR) is 72.9 cm³/mol. The highest BCUT2D eigenvalue weighted by Gasteiger charge is 2.35. The maximum absolute atomic E-state index is 11.4. The third-order valence-corrected chi connectivity index (χ3v) is 5.53. The topological polar surface area (TPSA) is 67.5 Å². The number of sulfone groups is 1. The Hall–Kier alpha value is -1.04. The lowest BCUT2D eigenvalue weighted by Crippen LogP contribution is -2.13. The van der Waals surface area contributed by atoms with Gasteiger partial charge >= 0.3 is 0 Å². The van der Waals surface area contributed by atoms with Crippen LogP contribution in [0.2, 0.25) is 5.02 Å². The van der Waals surface area contributed by atoms with Crippen molar-refractivity contribution in [2.45, 2.75) is 12.5 Å². The fourth-order valence-electron chi connectivity index (χ4n) is 2.49. The summed E-state index contributed by atoms with van der Waals surface area (Å²) in [6.07, 6.45) is -0.412. The van der Waals surface area contributed by atoms with E-state index >= 15 is 0 Å². The van der Waals surface area contributed by atoms with Gasteiger partial charge in [0.1, 0.15) is 17.4 Å². The first kappa shape index (κ1) is 13.0. The van der Waals surface area contributed by atoms with E-state index in [2.05, 4.69) is 0 Å². The fraction of sp³-hybridized carbons (Fsp3) is 0.385. The molecule has 0 spiro atoms. The standard InChI is InChI=1S/C13H13ClO4S/c14-10-1-2-11-9(5-10)6-12(18-11)13(15)8-3-4-19(16,17)7-8/h1-2,5-6,8,13,15H,3-4,7H2. The molecule has 6 heteroatoms. The number of hydrogen-bond acceptors (Lipinski definition) is 4. The first-order valence-electron chi connectivity index (χ1n) is 6.02. The maximum Gasteiger partial charge on any atom is 0.150 e. The van der Waals surface area contributed by atoms with Crippen molar-refractivity contribution < 1.29 is 17.9 Å². The van der Waals surface area contributed by atoms with Crippen molar-refractivity contribution in [1.29, 1.82) is 0 Å². The number of fused-ring (bicyclic) bond motifs is 1. The molecule has 102 valence electrons. The molecule has 1 N–H and O–H groups in total. The monoisotopic (exact) mass is 300 g/mol. The van der Waals surface area contributed by atoms with Gasteiger partial charge in [0.15, 0.2) is 9.84 Å². The molecule has 0 aliphatic carbocycles. The van der Waals surface area contributed by atoms with Crippen LogP contribution >= 0.6 is 11.6 Å². The number of furan rings is 1. The molecule has 1 aromatic heterocycles. The highest BCUT2D eigenvalue weighted by molar-refractivity contribution is 7.91. The molecule has 0 bridgehead atoms. The summed E-state index contributed by atoms with van der Waals surface area (Å²) in [5, 5.41) is 11.6. The molecule has 1 aliphatic rings. The number of hydrogen-bond donors (Lipinski definition) is 1. The van der Waals surface area contributed by atoms with Crippen LogP contribution in [0.15, 0.2) is 28.7 Å². The summed E-state index contributed by atoms with van der Waals surface area (Å²) in [5.41, 5.74) is 0.638. The molecule has 19 heavy (non-hydrogen) atoms. The van der Waals surface area contributed by atoms with Crippen molar-refractivity contribution in [3.8, 4) is 0 Å². The first-order valence-corrected chi connectivity index (χ1v) is 8.22. The van der Waals surface area contributed by atoms with Gasteiger partial charge in [-0.25, -0.2) is 8.42 Å². The Morgan fingerprint density at radius 1 is 1.37 bits per heavy atom. The molecule has 4 nitrogen and oxygen atoms in total. The molecule has 1 fully saturated rings. The molecule has 0 radical (unpaired) electrons. The minimum absolute atomic E-state index is 0.0198. The molecule has 2 unspecified atom stereocenters. The second-order valence-corrected chi connectivity index (χ2v) is 7.60. The number of aliphatic hydroxyl groups excluding tert-OH is 1. The molecular weight excluding hydrogens is 288 g/mol. The largest absolute Gasteiger partial charge is 0.458 e. The fourth-order valence-corrected chi connectivity index (χ4v) is 4.50. The van der Waals surface area contributed by atoms with Crippen LogP contribution in [0, 0.1) is 5.92 Å². The third kappa shape index (κ3) is 2.50. The van der Waals surface area contributed by atoms with Crippen LogP contribution in [0.1, 0.15) is 18.3 Å². The smallest absolute Gasteiger partial charge is 0.150 e. The highest BCUT2D eigenvalue weighted by atomic mass is 35.5. The van der Waals surface area contributed by atoms with E-state index in [4.69, 9.17) is 16.0 Å². The summed E-state index contributed by atoms with van der Waals surface area (Å²) in [4.78, 5) is 0. The minimum atomic E-state index is -3.01. The van der Waals surface area contributed by atoms with Gasteiger partial charge in [-0.05, 0) is 30.7 Å². The lowest BCUT2D eigenvalue weighted by Gasteiger charge is -2.13. The van der Waals surface area contributed by atoms with Gasteiger partial charge in [-0.1, -0.05) is 11.6 Å². The van der Waals surface area contributed by atoms with Crippen LogP contribution in [0.4, 0.5) is 0 Å². The Morgan fingerprint density at radius 2 is 2.16 bits per heavy atom. The van der Waals surface area contributed by atoms with Crippen LogP contribution in [-0.4, -0.2) is 25.0 Å². The quantitative estimate of drug-likeness (QED) is 0.925. The van der Waals surface area contributed by atoms with Gasteiger partial charge in [0.25, 0.3) is 0 Å². The molecule has 2 atom stereocenters. The molecule has 3 rings (SSSR count). The van der Waals surface area contributed by atoms with E-state index in [1.165, 1.54) is 0 Å². The van der Waals surface area contributed by atoms with Crippen LogP contribution in [0.25, 0.3) is 11.0 Å². The highest BCUT2D eigenvalue weighted by Crippen LogP contribution is 2.34. The Balaban J connectivity index is 1.91. The normalized spacial score (nSPS) is 23.8. The van der Waals surface area contributed by atoms with Gasteiger partial charge in [0.05, 0.1) is 11.5 Å². The van der Waals surface area contributed by atoms with Crippen molar-refractivity contribution in [2.24, 2.45) is 5.92 Å². The number of halogens is 1. The van der Waals surface area contributed by atoms with Crippen molar-refractivity contribution in [3.05, 3.63) is 35.0 Å². The van der Waals surface area contributed by atoms with E-state index in [0.717, 1.165) is 5.39 Å². The van der Waals surface area contributed by atoms with Gasteiger partial charge in [0, 0.05) is 16.3 Å².